The number of anilines is 1. The molecule has 0 saturated carbocycles. The van der Waals surface area contributed by atoms with E-state index >= 15 is 0 Å². The van der Waals surface area contributed by atoms with E-state index in [0.29, 0.717) is 31.2 Å². The Labute approximate surface area is 159 Å². The summed E-state index contributed by atoms with van der Waals surface area (Å²) in [6.07, 6.45) is -3.29. The molecule has 1 aromatic carbocycles. The van der Waals surface area contributed by atoms with Gasteiger partial charge in [-0.05, 0) is 37.5 Å². The fourth-order valence-corrected chi connectivity index (χ4v) is 5.14. The summed E-state index contributed by atoms with van der Waals surface area (Å²) >= 11 is 0. The maximum absolute atomic E-state index is 14.0. The molecule has 2 fully saturated rings. The van der Waals surface area contributed by atoms with Crippen molar-refractivity contribution in [1.29, 1.82) is 0 Å². The van der Waals surface area contributed by atoms with E-state index < -0.39 is 45.2 Å². The smallest absolute Gasteiger partial charge is 0.376 e. The summed E-state index contributed by atoms with van der Waals surface area (Å²) in [5.74, 6) is -1.33. The van der Waals surface area contributed by atoms with Gasteiger partial charge in [-0.1, -0.05) is 0 Å². The molecule has 2 atom stereocenters. The van der Waals surface area contributed by atoms with E-state index in [9.17, 15) is 30.8 Å². The second kappa shape index (κ2) is 7.86. The summed E-state index contributed by atoms with van der Waals surface area (Å²) in [5, 5.41) is 2.16. The van der Waals surface area contributed by atoms with Crippen LogP contribution in [0.4, 0.5) is 28.0 Å². The first-order chi connectivity index (χ1) is 13.0. The highest BCUT2D eigenvalue weighted by molar-refractivity contribution is 7.91. The van der Waals surface area contributed by atoms with Crippen molar-refractivity contribution in [2.24, 2.45) is 0 Å². The van der Waals surface area contributed by atoms with E-state index in [4.69, 9.17) is 4.74 Å². The minimum absolute atomic E-state index is 0.0785. The van der Waals surface area contributed by atoms with Crippen LogP contribution in [0.1, 0.15) is 24.8 Å². The van der Waals surface area contributed by atoms with Crippen LogP contribution in [0.5, 0.6) is 0 Å². The Hall–Kier alpha value is -1.88. The molecule has 0 bridgehead atoms. The van der Waals surface area contributed by atoms with Crippen molar-refractivity contribution in [3.05, 3.63) is 29.6 Å². The van der Waals surface area contributed by atoms with Gasteiger partial charge in [-0.3, -0.25) is 0 Å². The van der Waals surface area contributed by atoms with Crippen LogP contribution in [0, 0.1) is 5.82 Å². The van der Waals surface area contributed by atoms with Crippen LogP contribution in [0.25, 0.3) is 0 Å². The molecule has 0 aliphatic carbocycles. The number of sulfone groups is 1. The lowest BCUT2D eigenvalue weighted by molar-refractivity contribution is -0.137. The Bertz CT molecular complexity index is 838. The van der Waals surface area contributed by atoms with E-state index in [1.165, 1.54) is 4.90 Å². The van der Waals surface area contributed by atoms with Gasteiger partial charge in [0.25, 0.3) is 0 Å². The number of hydrogen-bond donors (Lipinski definition) is 1. The quantitative estimate of drug-likeness (QED) is 0.754. The third-order valence-corrected chi connectivity index (χ3v) is 6.62. The molecule has 1 aromatic rings. The highest BCUT2D eigenvalue weighted by Crippen LogP contribution is 2.32. The summed E-state index contributed by atoms with van der Waals surface area (Å²) in [6.45, 7) is 0.609. The molecule has 3 rings (SSSR count). The predicted molar refractivity (Wildman–Crippen MR) is 93.2 cm³/mol. The number of ether oxygens (including phenoxy) is 1. The number of amides is 2. The third-order valence-electron chi connectivity index (χ3n) is 4.87. The minimum Gasteiger partial charge on any atom is -0.376 e. The summed E-state index contributed by atoms with van der Waals surface area (Å²) in [4.78, 5) is 14.0. The minimum atomic E-state index is -4.69. The fourth-order valence-electron chi connectivity index (χ4n) is 3.41. The maximum atomic E-state index is 14.0. The van der Waals surface area contributed by atoms with Crippen LogP contribution in [-0.4, -0.2) is 56.2 Å². The molecule has 2 saturated heterocycles. The first kappa shape index (κ1) is 20.8. The fraction of sp³-hybridized carbons (Fsp3) is 0.588. The van der Waals surface area contributed by atoms with Gasteiger partial charge in [0.2, 0.25) is 0 Å². The number of nitrogens with zero attached hydrogens (tertiary/aromatic N) is 1. The summed E-state index contributed by atoms with van der Waals surface area (Å²) in [6, 6.07) is 0.239. The van der Waals surface area contributed by atoms with Crippen molar-refractivity contribution in [3.63, 3.8) is 0 Å². The Morgan fingerprint density at radius 1 is 1.29 bits per heavy atom. The number of urea groups is 1. The molecule has 156 valence electrons. The first-order valence-electron chi connectivity index (χ1n) is 8.81. The van der Waals surface area contributed by atoms with Gasteiger partial charge in [-0.2, -0.15) is 13.2 Å². The number of alkyl halides is 3. The zero-order valence-corrected chi connectivity index (χ0v) is 15.7. The zero-order chi connectivity index (χ0) is 20.5. The number of hydrogen-bond acceptors (Lipinski definition) is 4. The van der Waals surface area contributed by atoms with Crippen LogP contribution in [0.3, 0.4) is 0 Å². The molecule has 1 N–H and O–H groups in total. The van der Waals surface area contributed by atoms with Crippen LogP contribution in [-0.2, 0) is 20.8 Å². The van der Waals surface area contributed by atoms with Crippen molar-refractivity contribution in [2.45, 2.75) is 37.6 Å². The number of halogens is 4. The number of rotatable bonds is 4. The lowest BCUT2D eigenvalue weighted by Gasteiger charge is -2.30. The van der Waals surface area contributed by atoms with E-state index in [1.807, 2.05) is 0 Å². The molecule has 2 amide bonds. The summed E-state index contributed by atoms with van der Waals surface area (Å²) in [7, 11) is -3.30. The van der Waals surface area contributed by atoms with Crippen molar-refractivity contribution in [1.82, 2.24) is 4.90 Å². The highest BCUT2D eigenvalue weighted by Gasteiger charge is 2.37. The molecule has 0 spiro atoms. The van der Waals surface area contributed by atoms with Crippen molar-refractivity contribution in [2.75, 3.05) is 30.0 Å². The van der Waals surface area contributed by atoms with Gasteiger partial charge in [0, 0.05) is 19.2 Å². The van der Waals surface area contributed by atoms with E-state index in [1.54, 1.807) is 0 Å². The first-order valence-corrected chi connectivity index (χ1v) is 10.6. The number of carbonyl (C=O) groups excluding carboxylic acids is 1. The second-order valence-electron chi connectivity index (χ2n) is 6.97. The van der Waals surface area contributed by atoms with Crippen LogP contribution < -0.4 is 5.32 Å². The Morgan fingerprint density at radius 2 is 2.04 bits per heavy atom. The number of nitrogens with one attached hydrogen (secondary N) is 1. The van der Waals surface area contributed by atoms with Gasteiger partial charge in [0.15, 0.2) is 9.84 Å². The summed E-state index contributed by atoms with van der Waals surface area (Å²) < 4.78 is 81.7. The molecule has 2 heterocycles. The molecule has 2 aliphatic heterocycles. The number of carbonyl (C=O) groups is 1. The monoisotopic (exact) mass is 424 g/mol. The summed E-state index contributed by atoms with van der Waals surface area (Å²) in [5.41, 5.74) is -1.71. The van der Waals surface area contributed by atoms with E-state index in [2.05, 4.69) is 5.32 Å². The molecule has 0 aromatic heterocycles. The topological polar surface area (TPSA) is 75.7 Å². The van der Waals surface area contributed by atoms with Crippen LogP contribution in [0.15, 0.2) is 18.2 Å². The average Bonchev–Trinajstić information content (AvgIpc) is 3.22. The van der Waals surface area contributed by atoms with Gasteiger partial charge in [-0.15, -0.1) is 0 Å². The molecular formula is C17H20F4N2O4S. The predicted octanol–water partition coefficient (Wildman–Crippen LogP) is 3.04. The molecule has 11 heteroatoms. The van der Waals surface area contributed by atoms with Crippen molar-refractivity contribution in [3.8, 4) is 0 Å². The van der Waals surface area contributed by atoms with Gasteiger partial charge >= 0.3 is 12.2 Å². The Morgan fingerprint density at radius 3 is 2.61 bits per heavy atom. The lowest BCUT2D eigenvalue weighted by Crippen LogP contribution is -2.47. The second-order valence-corrected chi connectivity index (χ2v) is 9.20. The van der Waals surface area contributed by atoms with Gasteiger partial charge in [0.05, 0.1) is 28.9 Å². The average molecular weight is 424 g/mol. The van der Waals surface area contributed by atoms with Crippen LogP contribution in [0.2, 0.25) is 0 Å². The van der Waals surface area contributed by atoms with Crippen molar-refractivity contribution < 1.29 is 35.5 Å². The zero-order valence-electron chi connectivity index (χ0n) is 14.8. The highest BCUT2D eigenvalue weighted by atomic mass is 32.2. The van der Waals surface area contributed by atoms with E-state index in [-0.39, 0.29) is 30.6 Å². The number of benzene rings is 1. The molecular weight excluding hydrogens is 404 g/mol. The maximum Gasteiger partial charge on any atom is 0.416 e. The van der Waals surface area contributed by atoms with Gasteiger partial charge < -0.3 is 15.0 Å². The standard InChI is InChI=1S/C17H20F4N2O4S/c18-14-4-3-11(17(19,20)21)8-15(14)22-16(24)23(9-13-2-1-6-27-13)12-5-7-28(25,26)10-12/h3-4,8,12-13H,1-2,5-7,9-10H2,(H,22,24)/t12-,13-/m0/s1. The third kappa shape index (κ3) is 4.93. The normalized spacial score (nSPS) is 24.3. The molecule has 28 heavy (non-hydrogen) atoms. The lowest BCUT2D eigenvalue weighted by atomic mass is 10.1. The van der Waals surface area contributed by atoms with E-state index in [0.717, 1.165) is 6.42 Å². The molecule has 0 unspecified atom stereocenters. The van der Waals surface area contributed by atoms with Crippen LogP contribution >= 0.6 is 0 Å². The van der Waals surface area contributed by atoms with Crippen molar-refractivity contribution >= 4 is 21.6 Å². The Balaban J connectivity index is 1.81. The molecule has 2 aliphatic rings. The largest absolute Gasteiger partial charge is 0.416 e. The Kier molecular flexibility index (Phi) is 5.85. The molecule has 6 nitrogen and oxygen atoms in total. The van der Waals surface area contributed by atoms with Gasteiger partial charge in [-0.25, -0.2) is 17.6 Å². The van der Waals surface area contributed by atoms with Gasteiger partial charge in [0.1, 0.15) is 5.82 Å². The molecule has 0 radical (unpaired) electrons. The SMILES string of the molecule is O=C(Nc1cc(C(F)(F)F)ccc1F)N(C[C@@H]1CCCO1)[C@H]1CCS(=O)(=O)C1.